The van der Waals surface area contributed by atoms with E-state index in [1.54, 1.807) is 48.5 Å². The number of carbonyl (C=O) groups excluding carboxylic acids is 2. The smallest absolute Gasteiger partial charge is 0.294 e. The Hall–Kier alpha value is -5.52. The second-order valence-electron chi connectivity index (χ2n) is 9.78. The zero-order valence-corrected chi connectivity index (χ0v) is 23.6. The third-order valence-corrected chi connectivity index (χ3v) is 6.58. The molecule has 2 amide bonds. The maximum absolute atomic E-state index is 13.4. The van der Waals surface area contributed by atoms with Gasteiger partial charge in [-0.05, 0) is 54.8 Å². The molecule has 4 aromatic rings. The summed E-state index contributed by atoms with van der Waals surface area (Å²) in [5.41, 5.74) is 14.7. The van der Waals surface area contributed by atoms with E-state index in [0.717, 1.165) is 11.1 Å². The molecule has 0 atom stereocenters. The van der Waals surface area contributed by atoms with Crippen LogP contribution in [0, 0.1) is 11.2 Å². The molecule has 0 radical (unpaired) electrons. The van der Waals surface area contributed by atoms with Crippen LogP contribution < -0.4 is 33.0 Å². The first-order valence-electron chi connectivity index (χ1n) is 13.6. The number of hydrogen-bond donors (Lipinski definition) is 6. The van der Waals surface area contributed by atoms with Gasteiger partial charge in [0.2, 0.25) is 5.91 Å². The second-order valence-corrected chi connectivity index (χ2v) is 9.78. The highest BCUT2D eigenvalue weighted by Crippen LogP contribution is 2.23. The van der Waals surface area contributed by atoms with Crippen molar-refractivity contribution in [2.45, 2.75) is 26.4 Å². The summed E-state index contributed by atoms with van der Waals surface area (Å²) in [5, 5.41) is 16.0. The molecule has 0 aliphatic heterocycles. The van der Waals surface area contributed by atoms with E-state index < -0.39 is 11.5 Å². The SMILES string of the molecule is CCNc1ncc(-c2cc(N)cc(C(=O)NCCc3ccc(F)cc3)c2)n(CC(=O)NCc2ccc(C(=N)N)cc2)c1=O. The lowest BCUT2D eigenvalue weighted by Gasteiger charge is -2.16. The first-order valence-corrected chi connectivity index (χ1v) is 13.6. The third kappa shape index (κ3) is 8.03. The highest BCUT2D eigenvalue weighted by atomic mass is 19.1. The largest absolute Gasteiger partial charge is 0.399 e. The van der Waals surface area contributed by atoms with E-state index in [2.05, 4.69) is 20.9 Å². The zero-order chi connectivity index (χ0) is 30.9. The van der Waals surface area contributed by atoms with Gasteiger partial charge >= 0.3 is 0 Å². The first-order chi connectivity index (χ1) is 20.6. The normalized spacial score (nSPS) is 10.7. The molecule has 0 spiro atoms. The fourth-order valence-electron chi connectivity index (χ4n) is 4.37. The van der Waals surface area contributed by atoms with Gasteiger partial charge in [-0.15, -0.1) is 0 Å². The lowest BCUT2D eigenvalue weighted by atomic mass is 10.1. The second kappa shape index (κ2) is 13.9. The minimum atomic E-state index is -0.506. The summed E-state index contributed by atoms with van der Waals surface area (Å²) >= 11 is 0. The molecular formula is C31H33FN8O3. The molecule has 11 nitrogen and oxygen atoms in total. The molecule has 8 N–H and O–H groups in total. The average molecular weight is 585 g/mol. The van der Waals surface area contributed by atoms with Crippen LogP contribution in [-0.2, 0) is 24.3 Å². The maximum atomic E-state index is 13.4. The molecule has 0 saturated carbocycles. The lowest BCUT2D eigenvalue weighted by molar-refractivity contribution is -0.121. The summed E-state index contributed by atoms with van der Waals surface area (Å²) in [6.07, 6.45) is 1.96. The number of nitrogens with two attached hydrogens (primary N) is 2. The van der Waals surface area contributed by atoms with Crippen LogP contribution in [0.2, 0.25) is 0 Å². The zero-order valence-electron chi connectivity index (χ0n) is 23.6. The molecule has 0 bridgehead atoms. The van der Waals surface area contributed by atoms with Crippen molar-refractivity contribution >= 4 is 29.2 Å². The van der Waals surface area contributed by atoms with Gasteiger partial charge in [0.25, 0.3) is 11.5 Å². The summed E-state index contributed by atoms with van der Waals surface area (Å²) < 4.78 is 14.4. The van der Waals surface area contributed by atoms with Crippen LogP contribution >= 0.6 is 0 Å². The minimum absolute atomic E-state index is 0.0520. The number of halogens is 1. The molecule has 1 heterocycles. The van der Waals surface area contributed by atoms with E-state index in [9.17, 15) is 18.8 Å². The monoisotopic (exact) mass is 584 g/mol. The van der Waals surface area contributed by atoms with E-state index in [0.29, 0.717) is 36.3 Å². The summed E-state index contributed by atoms with van der Waals surface area (Å²) in [7, 11) is 0. The number of amides is 2. The molecule has 0 aliphatic carbocycles. The summed E-state index contributed by atoms with van der Waals surface area (Å²) in [6, 6.07) is 17.6. The first kappa shape index (κ1) is 30.4. The van der Waals surface area contributed by atoms with Crippen LogP contribution in [-0.4, -0.2) is 40.3 Å². The summed E-state index contributed by atoms with van der Waals surface area (Å²) in [5.74, 6) is -1.10. The van der Waals surface area contributed by atoms with Crippen molar-refractivity contribution in [3.05, 3.63) is 111 Å². The van der Waals surface area contributed by atoms with Gasteiger partial charge in [0.05, 0.1) is 11.9 Å². The van der Waals surface area contributed by atoms with E-state index in [4.69, 9.17) is 16.9 Å². The van der Waals surface area contributed by atoms with Gasteiger partial charge in [0.1, 0.15) is 18.2 Å². The fraction of sp³-hybridized carbons (Fsp3) is 0.194. The van der Waals surface area contributed by atoms with Crippen LogP contribution in [0.25, 0.3) is 11.3 Å². The number of carbonyl (C=O) groups is 2. The minimum Gasteiger partial charge on any atom is -0.399 e. The molecular weight excluding hydrogens is 551 g/mol. The highest BCUT2D eigenvalue weighted by molar-refractivity contribution is 5.96. The summed E-state index contributed by atoms with van der Waals surface area (Å²) in [4.78, 5) is 43.6. The van der Waals surface area contributed by atoms with Gasteiger partial charge < -0.3 is 27.4 Å². The van der Waals surface area contributed by atoms with Crippen molar-refractivity contribution in [1.82, 2.24) is 20.2 Å². The molecule has 1 aromatic heterocycles. The predicted molar refractivity (Wildman–Crippen MR) is 164 cm³/mol. The average Bonchev–Trinajstić information content (AvgIpc) is 2.99. The van der Waals surface area contributed by atoms with E-state index >= 15 is 0 Å². The predicted octanol–water partition coefficient (Wildman–Crippen LogP) is 2.64. The van der Waals surface area contributed by atoms with Crippen molar-refractivity contribution < 1.29 is 14.0 Å². The number of benzene rings is 3. The molecule has 4 rings (SSSR count). The quantitative estimate of drug-likeness (QED) is 0.0841. The van der Waals surface area contributed by atoms with Gasteiger partial charge in [0.15, 0.2) is 5.82 Å². The molecule has 0 saturated heterocycles. The number of hydrogen-bond acceptors (Lipinski definition) is 7. The number of nitrogens with zero attached hydrogens (tertiary/aromatic N) is 2. The Bertz CT molecular complexity index is 1690. The number of nitrogen functional groups attached to an aromatic ring is 2. The molecule has 0 aliphatic rings. The Balaban J connectivity index is 1.54. The molecule has 0 fully saturated rings. The molecule has 0 unspecified atom stereocenters. The Labute approximate surface area is 247 Å². The van der Waals surface area contributed by atoms with Crippen molar-refractivity contribution in [1.29, 1.82) is 5.41 Å². The Morgan fingerprint density at radius 3 is 2.35 bits per heavy atom. The number of nitrogens with one attached hydrogen (secondary N) is 4. The van der Waals surface area contributed by atoms with Crippen molar-refractivity contribution in [2.75, 3.05) is 24.1 Å². The maximum Gasteiger partial charge on any atom is 0.294 e. The standard InChI is InChI=1S/C31H33FN8O3/c1-2-36-29-31(43)40(18-27(41)38-16-20-3-7-21(8-4-20)28(34)35)26(17-39-29)22-13-23(15-25(33)14-22)30(42)37-12-11-19-5-9-24(32)10-6-19/h3-10,13-15,17H,2,11-12,16,18,33H2,1H3,(H3,34,35)(H,36,39)(H,37,42)(H,38,41). The van der Waals surface area contributed by atoms with Crippen molar-refractivity contribution in [2.24, 2.45) is 5.73 Å². The number of anilines is 2. The molecule has 3 aromatic carbocycles. The van der Waals surface area contributed by atoms with E-state index in [1.807, 2.05) is 6.92 Å². The number of rotatable bonds is 12. The summed E-state index contributed by atoms with van der Waals surface area (Å²) in [6.45, 7) is 2.48. The van der Waals surface area contributed by atoms with Crippen LogP contribution in [0.3, 0.4) is 0 Å². The Morgan fingerprint density at radius 2 is 1.67 bits per heavy atom. The number of amidine groups is 1. The van der Waals surface area contributed by atoms with E-state index in [-0.39, 0.29) is 47.7 Å². The fourth-order valence-corrected chi connectivity index (χ4v) is 4.37. The van der Waals surface area contributed by atoms with Gasteiger partial charge in [-0.2, -0.15) is 0 Å². The Morgan fingerprint density at radius 1 is 0.977 bits per heavy atom. The highest BCUT2D eigenvalue weighted by Gasteiger charge is 2.17. The van der Waals surface area contributed by atoms with Crippen molar-refractivity contribution in [3.8, 4) is 11.3 Å². The molecule has 12 heteroatoms. The van der Waals surface area contributed by atoms with Gasteiger partial charge in [-0.3, -0.25) is 24.4 Å². The van der Waals surface area contributed by atoms with Gasteiger partial charge in [-0.1, -0.05) is 36.4 Å². The molecule has 43 heavy (non-hydrogen) atoms. The number of aromatic nitrogens is 2. The van der Waals surface area contributed by atoms with Crippen molar-refractivity contribution in [3.63, 3.8) is 0 Å². The lowest BCUT2D eigenvalue weighted by Crippen LogP contribution is -2.34. The van der Waals surface area contributed by atoms with Gasteiger partial charge in [0, 0.05) is 42.0 Å². The van der Waals surface area contributed by atoms with E-state index in [1.165, 1.54) is 29.0 Å². The molecule has 222 valence electrons. The van der Waals surface area contributed by atoms with Crippen LogP contribution in [0.1, 0.15) is 34.0 Å². The van der Waals surface area contributed by atoms with Crippen LogP contribution in [0.5, 0.6) is 0 Å². The third-order valence-electron chi connectivity index (χ3n) is 6.58. The van der Waals surface area contributed by atoms with Crippen LogP contribution in [0.4, 0.5) is 15.9 Å². The van der Waals surface area contributed by atoms with Crippen LogP contribution in [0.15, 0.2) is 77.7 Å². The topological polar surface area (TPSA) is 181 Å². The Kier molecular flexibility index (Phi) is 9.84. The van der Waals surface area contributed by atoms with Gasteiger partial charge in [-0.25, -0.2) is 9.37 Å².